The minimum Gasteiger partial charge on any atom is -0.314 e. The summed E-state index contributed by atoms with van der Waals surface area (Å²) in [6, 6.07) is 2.71. The van der Waals surface area contributed by atoms with Crippen molar-refractivity contribution in [3.63, 3.8) is 0 Å². The van der Waals surface area contributed by atoms with Crippen molar-refractivity contribution in [2.45, 2.75) is 37.9 Å². The van der Waals surface area contributed by atoms with Crippen LogP contribution in [0.2, 0.25) is 0 Å². The average Bonchev–Trinajstić information content (AvgIpc) is 2.55. The van der Waals surface area contributed by atoms with Crippen LogP contribution < -0.4 is 5.32 Å². The first kappa shape index (κ1) is 21.9. The molecule has 1 aromatic carbocycles. The zero-order chi connectivity index (χ0) is 17.6. The van der Waals surface area contributed by atoms with E-state index < -0.39 is 17.6 Å². The highest BCUT2D eigenvalue weighted by Gasteiger charge is 2.37. The second-order valence-electron chi connectivity index (χ2n) is 6.10. The number of unbranched alkanes of at least 4 members (excludes halogenated alkanes) is 2. The minimum absolute atomic E-state index is 0. The van der Waals surface area contributed by atoms with Gasteiger partial charge >= 0.3 is 6.18 Å². The van der Waals surface area contributed by atoms with Crippen LogP contribution >= 0.6 is 12.4 Å². The van der Waals surface area contributed by atoms with Gasteiger partial charge in [-0.25, -0.2) is 4.39 Å². The maximum absolute atomic E-state index is 13.4. The van der Waals surface area contributed by atoms with Crippen LogP contribution in [0.15, 0.2) is 30.9 Å². The molecule has 1 saturated heterocycles. The lowest BCUT2D eigenvalue weighted by molar-refractivity contribution is -0.139. The highest BCUT2D eigenvalue weighted by Crippen LogP contribution is 2.38. The molecule has 0 saturated carbocycles. The molecule has 1 aliphatic rings. The van der Waals surface area contributed by atoms with Crippen LogP contribution in [0.1, 0.15) is 42.9 Å². The van der Waals surface area contributed by atoms with Gasteiger partial charge in [0.25, 0.3) is 0 Å². The predicted molar refractivity (Wildman–Crippen MR) is 94.5 cm³/mol. The first-order chi connectivity index (χ1) is 11.4. The van der Waals surface area contributed by atoms with Crippen LogP contribution in [0.5, 0.6) is 0 Å². The number of allylic oxidation sites excluding steroid dienone is 1. The van der Waals surface area contributed by atoms with E-state index in [0.29, 0.717) is 25.6 Å². The molecule has 1 atom stereocenters. The fourth-order valence-electron chi connectivity index (χ4n) is 3.22. The molecule has 0 spiro atoms. The molecule has 1 heterocycles. The van der Waals surface area contributed by atoms with Gasteiger partial charge in [0.2, 0.25) is 0 Å². The lowest BCUT2D eigenvalue weighted by atomic mass is 9.93. The monoisotopic (exact) mass is 380 g/mol. The van der Waals surface area contributed by atoms with E-state index in [1.165, 1.54) is 6.07 Å². The zero-order valence-electron chi connectivity index (χ0n) is 14.1. The molecule has 0 aliphatic carbocycles. The smallest absolute Gasteiger partial charge is 0.314 e. The van der Waals surface area contributed by atoms with Crippen molar-refractivity contribution < 1.29 is 17.6 Å². The molecular weight excluding hydrogens is 356 g/mol. The number of nitrogens with zero attached hydrogens (tertiary/aromatic N) is 1. The minimum atomic E-state index is -4.55. The summed E-state index contributed by atoms with van der Waals surface area (Å²) in [5, 5.41) is 3.21. The Morgan fingerprint density at radius 1 is 1.20 bits per heavy atom. The number of hydrogen-bond donors (Lipinski definition) is 1. The molecular formula is C18H25ClF4N2. The van der Waals surface area contributed by atoms with Crippen LogP contribution in [0.4, 0.5) is 17.6 Å². The Morgan fingerprint density at radius 3 is 2.48 bits per heavy atom. The Labute approximate surface area is 152 Å². The van der Waals surface area contributed by atoms with Crippen LogP contribution in [0, 0.1) is 5.82 Å². The van der Waals surface area contributed by atoms with E-state index in [2.05, 4.69) is 16.8 Å². The molecule has 1 aliphatic heterocycles. The number of rotatable bonds is 7. The highest BCUT2D eigenvalue weighted by atomic mass is 35.5. The first-order valence-corrected chi connectivity index (χ1v) is 8.36. The van der Waals surface area contributed by atoms with Crippen LogP contribution in [0.25, 0.3) is 0 Å². The van der Waals surface area contributed by atoms with Crippen LogP contribution in [-0.2, 0) is 6.18 Å². The third-order valence-corrected chi connectivity index (χ3v) is 4.41. The number of piperazine rings is 1. The van der Waals surface area contributed by atoms with Crippen LogP contribution in [0.3, 0.4) is 0 Å². The molecule has 2 rings (SSSR count). The van der Waals surface area contributed by atoms with E-state index >= 15 is 0 Å². The fourth-order valence-corrected chi connectivity index (χ4v) is 3.22. The Hall–Kier alpha value is -1.11. The number of alkyl halides is 3. The van der Waals surface area contributed by atoms with Gasteiger partial charge in [0.05, 0.1) is 5.56 Å². The number of benzene rings is 1. The van der Waals surface area contributed by atoms with E-state index in [-0.39, 0.29) is 24.0 Å². The molecule has 2 nitrogen and oxygen atoms in total. The number of halogens is 5. The molecule has 0 aromatic heterocycles. The summed E-state index contributed by atoms with van der Waals surface area (Å²) in [5.74, 6) is -0.850. The lowest BCUT2D eigenvalue weighted by Gasteiger charge is -2.36. The maximum atomic E-state index is 13.4. The second kappa shape index (κ2) is 10.1. The van der Waals surface area contributed by atoms with E-state index in [0.717, 1.165) is 38.4 Å². The predicted octanol–water partition coefficient (Wildman–Crippen LogP) is 4.96. The number of hydrogen-bond acceptors (Lipinski definition) is 2. The van der Waals surface area contributed by atoms with E-state index in [1.54, 1.807) is 0 Å². The fraction of sp³-hybridized carbons (Fsp3) is 0.556. The molecule has 0 bridgehead atoms. The molecule has 0 amide bonds. The van der Waals surface area contributed by atoms with Gasteiger partial charge in [0, 0.05) is 32.2 Å². The van der Waals surface area contributed by atoms with Crippen molar-refractivity contribution in [1.29, 1.82) is 0 Å². The summed E-state index contributed by atoms with van der Waals surface area (Å²) in [6.45, 7) is 6.57. The van der Waals surface area contributed by atoms with Crippen molar-refractivity contribution in [3.8, 4) is 0 Å². The van der Waals surface area contributed by atoms with E-state index in [4.69, 9.17) is 0 Å². The summed E-state index contributed by atoms with van der Waals surface area (Å²) < 4.78 is 53.6. The Bertz CT molecular complexity index is 542. The first-order valence-electron chi connectivity index (χ1n) is 8.36. The summed E-state index contributed by atoms with van der Waals surface area (Å²) in [6.07, 6.45) is 0.458. The van der Waals surface area contributed by atoms with Crippen molar-refractivity contribution in [1.82, 2.24) is 10.2 Å². The van der Waals surface area contributed by atoms with Crippen molar-refractivity contribution in [3.05, 3.63) is 47.8 Å². The molecule has 25 heavy (non-hydrogen) atoms. The molecule has 1 aromatic rings. The Balaban J connectivity index is 0.00000312. The van der Waals surface area contributed by atoms with Crippen molar-refractivity contribution in [2.24, 2.45) is 0 Å². The molecule has 0 unspecified atom stereocenters. The van der Waals surface area contributed by atoms with Gasteiger partial charge in [0.1, 0.15) is 5.82 Å². The summed E-state index contributed by atoms with van der Waals surface area (Å²) in [4.78, 5) is 2.08. The highest BCUT2D eigenvalue weighted by molar-refractivity contribution is 5.85. The van der Waals surface area contributed by atoms with Gasteiger partial charge in [-0.3, -0.25) is 4.90 Å². The van der Waals surface area contributed by atoms with Gasteiger partial charge in [-0.05, 0) is 37.0 Å². The van der Waals surface area contributed by atoms with Crippen LogP contribution in [-0.4, -0.2) is 31.1 Å². The van der Waals surface area contributed by atoms with Crippen molar-refractivity contribution in [2.75, 3.05) is 26.2 Å². The van der Waals surface area contributed by atoms with Gasteiger partial charge < -0.3 is 5.32 Å². The van der Waals surface area contributed by atoms with Crippen molar-refractivity contribution >= 4 is 12.4 Å². The zero-order valence-corrected chi connectivity index (χ0v) is 14.9. The maximum Gasteiger partial charge on any atom is 0.416 e. The quantitative estimate of drug-likeness (QED) is 0.408. The molecule has 7 heteroatoms. The normalized spacial score (nSPS) is 17.0. The third kappa shape index (κ3) is 6.28. The van der Waals surface area contributed by atoms with Gasteiger partial charge in [-0.1, -0.05) is 18.6 Å². The lowest BCUT2D eigenvalue weighted by Crippen LogP contribution is -2.45. The summed E-state index contributed by atoms with van der Waals surface area (Å²) in [5.41, 5.74) is -0.667. The topological polar surface area (TPSA) is 15.3 Å². The SMILES string of the molecule is C=CCCCC[C@H](c1ccc(F)cc1C(F)(F)F)N1CCNCC1.Cl. The molecule has 1 N–H and O–H groups in total. The molecule has 142 valence electrons. The Morgan fingerprint density at radius 2 is 1.88 bits per heavy atom. The molecule has 1 fully saturated rings. The standard InChI is InChI=1S/C18H24F4N2.ClH/c1-2-3-4-5-6-17(24-11-9-23-10-12-24)15-8-7-14(19)13-16(15)18(20,21)22;/h2,7-8,13,17,23H,1,3-6,9-12H2;1H/t17-;/m1./s1. The average molecular weight is 381 g/mol. The third-order valence-electron chi connectivity index (χ3n) is 4.41. The van der Waals surface area contributed by atoms with E-state index in [9.17, 15) is 17.6 Å². The van der Waals surface area contributed by atoms with Gasteiger partial charge in [0.15, 0.2) is 0 Å². The largest absolute Gasteiger partial charge is 0.416 e. The molecule has 0 radical (unpaired) electrons. The number of nitrogens with one attached hydrogen (secondary N) is 1. The van der Waals surface area contributed by atoms with Gasteiger partial charge in [-0.2, -0.15) is 13.2 Å². The second-order valence-corrected chi connectivity index (χ2v) is 6.10. The summed E-state index contributed by atoms with van der Waals surface area (Å²) >= 11 is 0. The summed E-state index contributed by atoms with van der Waals surface area (Å²) in [7, 11) is 0. The van der Waals surface area contributed by atoms with Gasteiger partial charge in [-0.15, -0.1) is 19.0 Å². The van der Waals surface area contributed by atoms with E-state index in [1.807, 2.05) is 6.08 Å². The Kier molecular flexibility index (Phi) is 8.89.